The van der Waals surface area contributed by atoms with Crippen molar-refractivity contribution in [2.24, 2.45) is 0 Å². The first kappa shape index (κ1) is 18.2. The Kier molecular flexibility index (Phi) is 5.48. The summed E-state index contributed by atoms with van der Waals surface area (Å²) in [7, 11) is 0. The summed E-state index contributed by atoms with van der Waals surface area (Å²) in [5.74, 6) is -0.345. The molecule has 0 radical (unpaired) electrons. The maximum atomic E-state index is 12.5. The zero-order chi connectivity index (χ0) is 19.2. The van der Waals surface area contributed by atoms with Gasteiger partial charge in [-0.1, -0.05) is 24.3 Å². The van der Waals surface area contributed by atoms with Gasteiger partial charge in [-0.05, 0) is 55.8 Å². The molecule has 5 heteroatoms. The van der Waals surface area contributed by atoms with Gasteiger partial charge in [0, 0.05) is 12.2 Å². The van der Waals surface area contributed by atoms with Crippen LogP contribution in [-0.2, 0) is 0 Å². The van der Waals surface area contributed by atoms with Crippen molar-refractivity contribution < 1.29 is 4.79 Å². The number of benzene rings is 2. The zero-order valence-corrected chi connectivity index (χ0v) is 15.3. The smallest absolute Gasteiger partial charge is 0.274 e. The minimum atomic E-state index is -0.345. The number of nitriles is 1. The molecule has 0 unspecified atom stereocenters. The molecular formula is C22H20N4O. The van der Waals surface area contributed by atoms with Crippen molar-refractivity contribution >= 4 is 23.0 Å². The third kappa shape index (κ3) is 4.13. The van der Waals surface area contributed by atoms with Gasteiger partial charge in [-0.15, -0.1) is 0 Å². The molecule has 0 spiro atoms. The molecular weight excluding hydrogens is 336 g/mol. The average Bonchev–Trinajstić information content (AvgIpc) is 2.69. The highest BCUT2D eigenvalue weighted by Gasteiger charge is 2.12. The molecule has 0 aliphatic rings. The number of pyridine rings is 1. The summed E-state index contributed by atoms with van der Waals surface area (Å²) in [6.45, 7) is 4.91. The Hall–Kier alpha value is -3.65. The van der Waals surface area contributed by atoms with Crippen molar-refractivity contribution in [1.29, 1.82) is 5.26 Å². The number of carbonyl (C=O) groups is 1. The van der Waals surface area contributed by atoms with Gasteiger partial charge < -0.3 is 10.2 Å². The minimum Gasteiger partial charge on any atom is -0.341 e. The Morgan fingerprint density at radius 2 is 1.93 bits per heavy atom. The van der Waals surface area contributed by atoms with Gasteiger partial charge in [0.2, 0.25) is 0 Å². The van der Waals surface area contributed by atoms with E-state index in [1.165, 1.54) is 5.56 Å². The Bertz CT molecular complexity index is 990. The molecule has 1 N–H and O–H groups in total. The molecule has 0 aliphatic heterocycles. The number of aryl methyl sites for hydroxylation is 1. The average molecular weight is 356 g/mol. The maximum Gasteiger partial charge on any atom is 0.274 e. The van der Waals surface area contributed by atoms with E-state index < -0.39 is 0 Å². The minimum absolute atomic E-state index is 0.298. The van der Waals surface area contributed by atoms with Crippen LogP contribution in [0.4, 0.5) is 17.1 Å². The molecule has 3 aromatic rings. The summed E-state index contributed by atoms with van der Waals surface area (Å²) in [5, 5.41) is 11.9. The first-order chi connectivity index (χ1) is 13.1. The summed E-state index contributed by atoms with van der Waals surface area (Å²) in [4.78, 5) is 18.9. The van der Waals surface area contributed by atoms with E-state index >= 15 is 0 Å². The lowest BCUT2D eigenvalue weighted by Gasteiger charge is -2.23. The largest absolute Gasteiger partial charge is 0.341 e. The molecule has 0 bridgehead atoms. The van der Waals surface area contributed by atoms with Crippen LogP contribution in [-0.4, -0.2) is 17.4 Å². The van der Waals surface area contributed by atoms with Crippen LogP contribution in [0.3, 0.4) is 0 Å². The monoisotopic (exact) mass is 356 g/mol. The third-order valence-electron chi connectivity index (χ3n) is 4.22. The maximum absolute atomic E-state index is 12.5. The van der Waals surface area contributed by atoms with Crippen LogP contribution in [0.15, 0.2) is 66.9 Å². The highest BCUT2D eigenvalue weighted by molar-refractivity contribution is 6.03. The van der Waals surface area contributed by atoms with Crippen molar-refractivity contribution in [2.45, 2.75) is 13.8 Å². The number of hydrogen-bond donors (Lipinski definition) is 1. The molecule has 0 atom stereocenters. The Labute approximate surface area is 158 Å². The predicted octanol–water partition coefficient (Wildman–Crippen LogP) is 4.67. The second-order valence-electron chi connectivity index (χ2n) is 6.10. The standard InChI is InChI=1S/C22H20N4O/c1-3-26(18-9-6-7-16(2)13-18)19-11-12-21(24-15-19)22(27)25-20-10-5-4-8-17(20)14-23/h4-13,15H,3H2,1-2H3,(H,25,27). The van der Waals surface area contributed by atoms with E-state index in [0.29, 0.717) is 16.9 Å². The quantitative estimate of drug-likeness (QED) is 0.721. The Morgan fingerprint density at radius 1 is 1.11 bits per heavy atom. The van der Waals surface area contributed by atoms with Crippen LogP contribution in [0.2, 0.25) is 0 Å². The molecule has 0 fully saturated rings. The predicted molar refractivity (Wildman–Crippen MR) is 107 cm³/mol. The van der Waals surface area contributed by atoms with Crippen LogP contribution in [0, 0.1) is 18.3 Å². The third-order valence-corrected chi connectivity index (χ3v) is 4.22. The van der Waals surface area contributed by atoms with E-state index in [-0.39, 0.29) is 5.91 Å². The zero-order valence-electron chi connectivity index (χ0n) is 15.3. The van der Waals surface area contributed by atoms with Gasteiger partial charge in [0.15, 0.2) is 0 Å². The highest BCUT2D eigenvalue weighted by Crippen LogP contribution is 2.25. The lowest BCUT2D eigenvalue weighted by molar-refractivity contribution is 0.102. The molecule has 5 nitrogen and oxygen atoms in total. The highest BCUT2D eigenvalue weighted by atomic mass is 16.1. The SMILES string of the molecule is CCN(c1ccc(C(=O)Nc2ccccc2C#N)nc1)c1cccc(C)c1. The number of rotatable bonds is 5. The molecule has 0 aliphatic carbocycles. The Morgan fingerprint density at radius 3 is 2.59 bits per heavy atom. The molecule has 134 valence electrons. The number of nitrogens with zero attached hydrogens (tertiary/aromatic N) is 3. The molecule has 1 heterocycles. The normalized spacial score (nSPS) is 10.1. The number of hydrogen-bond acceptors (Lipinski definition) is 4. The summed E-state index contributed by atoms with van der Waals surface area (Å²) in [5.41, 5.74) is 4.37. The fraction of sp³-hybridized carbons (Fsp3) is 0.136. The van der Waals surface area contributed by atoms with Crippen molar-refractivity contribution in [2.75, 3.05) is 16.8 Å². The van der Waals surface area contributed by atoms with Gasteiger partial charge in [0.05, 0.1) is 23.1 Å². The van der Waals surface area contributed by atoms with Gasteiger partial charge in [-0.2, -0.15) is 5.26 Å². The molecule has 3 rings (SSSR count). The molecule has 27 heavy (non-hydrogen) atoms. The van der Waals surface area contributed by atoms with Crippen molar-refractivity contribution in [3.63, 3.8) is 0 Å². The summed E-state index contributed by atoms with van der Waals surface area (Å²) < 4.78 is 0. The van der Waals surface area contributed by atoms with Crippen LogP contribution in [0.1, 0.15) is 28.5 Å². The van der Waals surface area contributed by atoms with Gasteiger partial charge in [0.25, 0.3) is 5.91 Å². The fourth-order valence-corrected chi connectivity index (χ4v) is 2.87. The van der Waals surface area contributed by atoms with Crippen LogP contribution in [0.25, 0.3) is 0 Å². The van der Waals surface area contributed by atoms with E-state index in [1.807, 2.05) is 12.1 Å². The second-order valence-corrected chi connectivity index (χ2v) is 6.10. The van der Waals surface area contributed by atoms with Gasteiger partial charge in [0.1, 0.15) is 11.8 Å². The van der Waals surface area contributed by atoms with Gasteiger partial charge in [-0.25, -0.2) is 4.98 Å². The Balaban J connectivity index is 1.80. The van der Waals surface area contributed by atoms with E-state index in [2.05, 4.69) is 53.3 Å². The van der Waals surface area contributed by atoms with Crippen molar-refractivity contribution in [1.82, 2.24) is 4.98 Å². The summed E-state index contributed by atoms with van der Waals surface area (Å²) >= 11 is 0. The summed E-state index contributed by atoms with van der Waals surface area (Å²) in [6, 6.07) is 20.8. The number of carbonyl (C=O) groups excluding carboxylic acids is 1. The number of para-hydroxylation sites is 1. The number of aromatic nitrogens is 1. The van der Waals surface area contributed by atoms with Gasteiger partial charge in [-0.3, -0.25) is 4.79 Å². The van der Waals surface area contributed by atoms with E-state index in [9.17, 15) is 4.79 Å². The molecule has 0 saturated carbocycles. The van der Waals surface area contributed by atoms with Crippen LogP contribution >= 0.6 is 0 Å². The van der Waals surface area contributed by atoms with E-state index in [0.717, 1.165) is 17.9 Å². The fourth-order valence-electron chi connectivity index (χ4n) is 2.87. The van der Waals surface area contributed by atoms with E-state index in [4.69, 9.17) is 5.26 Å². The van der Waals surface area contributed by atoms with Crippen molar-refractivity contribution in [3.8, 4) is 6.07 Å². The summed E-state index contributed by atoms with van der Waals surface area (Å²) in [6.07, 6.45) is 1.69. The molecule has 1 aromatic heterocycles. The first-order valence-corrected chi connectivity index (χ1v) is 8.73. The molecule has 1 amide bonds. The number of amides is 1. The number of anilines is 3. The van der Waals surface area contributed by atoms with Crippen LogP contribution in [0.5, 0.6) is 0 Å². The van der Waals surface area contributed by atoms with E-state index in [1.54, 1.807) is 36.5 Å². The second kappa shape index (κ2) is 8.15. The first-order valence-electron chi connectivity index (χ1n) is 8.73. The topological polar surface area (TPSA) is 69.0 Å². The molecule has 0 saturated heterocycles. The lowest BCUT2D eigenvalue weighted by Crippen LogP contribution is -2.18. The number of nitrogens with one attached hydrogen (secondary N) is 1. The van der Waals surface area contributed by atoms with Crippen LogP contribution < -0.4 is 10.2 Å². The lowest BCUT2D eigenvalue weighted by atomic mass is 10.2. The van der Waals surface area contributed by atoms with Gasteiger partial charge >= 0.3 is 0 Å². The van der Waals surface area contributed by atoms with Crippen molar-refractivity contribution in [3.05, 3.63) is 83.7 Å². The molecule has 2 aromatic carbocycles.